The van der Waals surface area contributed by atoms with Crippen LogP contribution in [0.3, 0.4) is 0 Å². The average molecular weight is 822 g/mol. The van der Waals surface area contributed by atoms with Gasteiger partial charge in [0.2, 0.25) is 0 Å². The molecule has 0 bridgehead atoms. The topological polar surface area (TPSA) is 70.3 Å². The highest BCUT2D eigenvalue weighted by atomic mass is 16.6. The second-order valence-electron chi connectivity index (χ2n) is 16.3. The van der Waals surface area contributed by atoms with E-state index in [1.807, 2.05) is 60.7 Å². The SMILES string of the molecule is c1ccc(-c2nc(-c3ccc(-c4ccc5c(c4)Oc4cc6c(cc4O5)C(c4ccccc4)(c4ccccc4)c4ccccc4-6)cc3)nc(-c3ccc4c(c3)oc3ccccc34)n2)cc1. The van der Waals surface area contributed by atoms with E-state index in [1.165, 1.54) is 27.8 Å². The molecule has 0 atom stereocenters. The average Bonchev–Trinajstić information content (AvgIpc) is 3.88. The van der Waals surface area contributed by atoms with Crippen molar-refractivity contribution in [3.05, 3.63) is 235 Å². The fourth-order valence-electron chi connectivity index (χ4n) is 9.72. The third-order valence-corrected chi connectivity index (χ3v) is 12.7. The number of benzene rings is 9. The summed E-state index contributed by atoms with van der Waals surface area (Å²) in [5.74, 6) is 4.45. The fraction of sp³-hybridized carbons (Fsp3) is 0.0172. The van der Waals surface area contributed by atoms with Crippen LogP contribution in [-0.2, 0) is 5.41 Å². The molecular formula is C58H35N3O3. The highest BCUT2D eigenvalue weighted by Crippen LogP contribution is 2.59. The molecule has 0 spiro atoms. The summed E-state index contributed by atoms with van der Waals surface area (Å²) < 4.78 is 19.7. The van der Waals surface area contributed by atoms with Gasteiger partial charge in [-0.3, -0.25) is 0 Å². The molecule has 6 heteroatoms. The number of fused-ring (bicyclic) bond motifs is 8. The highest BCUT2D eigenvalue weighted by molar-refractivity contribution is 6.05. The molecule has 0 fully saturated rings. The van der Waals surface area contributed by atoms with Crippen molar-refractivity contribution in [1.29, 1.82) is 0 Å². The molecule has 0 N–H and O–H groups in total. The summed E-state index contributed by atoms with van der Waals surface area (Å²) in [6.07, 6.45) is 0. The summed E-state index contributed by atoms with van der Waals surface area (Å²) in [7, 11) is 0. The first-order valence-corrected chi connectivity index (χ1v) is 21.4. The second-order valence-corrected chi connectivity index (χ2v) is 16.3. The van der Waals surface area contributed by atoms with Gasteiger partial charge < -0.3 is 13.9 Å². The number of ether oxygens (including phenoxy) is 2. The number of rotatable bonds is 6. The number of aromatic nitrogens is 3. The Balaban J connectivity index is 0.848. The van der Waals surface area contributed by atoms with E-state index in [9.17, 15) is 0 Å². The molecule has 2 aliphatic rings. The summed E-state index contributed by atoms with van der Waals surface area (Å²) in [6.45, 7) is 0. The lowest BCUT2D eigenvalue weighted by Gasteiger charge is -2.34. The minimum absolute atomic E-state index is 0.529. The van der Waals surface area contributed by atoms with Crippen molar-refractivity contribution in [1.82, 2.24) is 15.0 Å². The van der Waals surface area contributed by atoms with Gasteiger partial charge in [0.05, 0.1) is 5.41 Å². The molecule has 0 amide bonds. The number of para-hydroxylation sites is 1. The molecule has 0 radical (unpaired) electrons. The predicted octanol–water partition coefficient (Wildman–Crippen LogP) is 14.7. The van der Waals surface area contributed by atoms with Crippen molar-refractivity contribution in [3.63, 3.8) is 0 Å². The van der Waals surface area contributed by atoms with Crippen molar-refractivity contribution >= 4 is 21.9 Å². The van der Waals surface area contributed by atoms with Gasteiger partial charge in [-0.15, -0.1) is 0 Å². The third kappa shape index (κ3) is 5.63. The first kappa shape index (κ1) is 36.1. The minimum atomic E-state index is -0.529. The van der Waals surface area contributed by atoms with Crippen LogP contribution >= 0.6 is 0 Å². The van der Waals surface area contributed by atoms with Gasteiger partial charge in [-0.1, -0.05) is 170 Å². The lowest BCUT2D eigenvalue weighted by atomic mass is 9.67. The van der Waals surface area contributed by atoms with E-state index in [4.69, 9.17) is 28.8 Å². The van der Waals surface area contributed by atoms with Crippen LogP contribution in [0.25, 0.3) is 78.4 Å². The fourth-order valence-corrected chi connectivity index (χ4v) is 9.72. The third-order valence-electron chi connectivity index (χ3n) is 12.7. The van der Waals surface area contributed by atoms with Crippen molar-refractivity contribution < 1.29 is 13.9 Å². The largest absolute Gasteiger partial charge is 0.456 e. The number of hydrogen-bond donors (Lipinski definition) is 0. The molecule has 64 heavy (non-hydrogen) atoms. The molecule has 2 aromatic heterocycles. The number of nitrogens with zero attached hydrogens (tertiary/aromatic N) is 3. The number of hydrogen-bond acceptors (Lipinski definition) is 6. The first-order valence-electron chi connectivity index (χ1n) is 21.4. The molecule has 300 valence electrons. The molecule has 6 nitrogen and oxygen atoms in total. The van der Waals surface area contributed by atoms with E-state index in [0.29, 0.717) is 40.5 Å². The smallest absolute Gasteiger partial charge is 0.170 e. The van der Waals surface area contributed by atoms with E-state index < -0.39 is 5.41 Å². The second kappa shape index (κ2) is 14.2. The van der Waals surface area contributed by atoms with Crippen molar-refractivity contribution in [2.45, 2.75) is 5.41 Å². The van der Waals surface area contributed by atoms with Crippen molar-refractivity contribution in [2.75, 3.05) is 0 Å². The number of furan rings is 1. The van der Waals surface area contributed by atoms with E-state index in [-0.39, 0.29) is 0 Å². The van der Waals surface area contributed by atoms with E-state index in [2.05, 4.69) is 152 Å². The molecule has 9 aromatic carbocycles. The Hall–Kier alpha value is -8.61. The van der Waals surface area contributed by atoms with Crippen LogP contribution in [-0.4, -0.2) is 15.0 Å². The van der Waals surface area contributed by atoms with E-state index >= 15 is 0 Å². The van der Waals surface area contributed by atoms with Crippen LogP contribution in [0, 0.1) is 0 Å². The molecule has 0 unspecified atom stereocenters. The van der Waals surface area contributed by atoms with Crippen molar-refractivity contribution in [2.24, 2.45) is 0 Å². The Kier molecular flexibility index (Phi) is 8.02. The van der Waals surface area contributed by atoms with Gasteiger partial charge in [-0.05, 0) is 87.0 Å². The summed E-state index contributed by atoms with van der Waals surface area (Å²) in [5, 5.41) is 2.13. The van der Waals surface area contributed by atoms with Gasteiger partial charge in [0.1, 0.15) is 11.2 Å². The van der Waals surface area contributed by atoms with Gasteiger partial charge in [0.15, 0.2) is 40.5 Å². The Morgan fingerprint density at radius 2 is 0.844 bits per heavy atom. The lowest BCUT2D eigenvalue weighted by Crippen LogP contribution is -2.28. The van der Waals surface area contributed by atoms with Gasteiger partial charge in [0, 0.05) is 27.5 Å². The quantitative estimate of drug-likeness (QED) is 0.166. The normalized spacial score (nSPS) is 13.1. The molecule has 0 saturated carbocycles. The summed E-state index contributed by atoms with van der Waals surface area (Å²) >= 11 is 0. The van der Waals surface area contributed by atoms with Crippen LogP contribution in [0.4, 0.5) is 0 Å². The van der Waals surface area contributed by atoms with Gasteiger partial charge in [0.25, 0.3) is 0 Å². The maximum Gasteiger partial charge on any atom is 0.170 e. The van der Waals surface area contributed by atoms with E-state index in [0.717, 1.165) is 55.3 Å². The molecule has 1 aliphatic carbocycles. The summed E-state index contributed by atoms with van der Waals surface area (Å²) in [6, 6.07) is 73.3. The molecule has 13 rings (SSSR count). The Morgan fingerprint density at radius 3 is 1.59 bits per heavy atom. The lowest BCUT2D eigenvalue weighted by molar-refractivity contribution is 0.359. The predicted molar refractivity (Wildman–Crippen MR) is 253 cm³/mol. The molecule has 3 heterocycles. The Morgan fingerprint density at radius 1 is 0.312 bits per heavy atom. The summed E-state index contributed by atoms with van der Waals surface area (Å²) in [4.78, 5) is 15.0. The minimum Gasteiger partial charge on any atom is -0.456 e. The molecule has 1 aliphatic heterocycles. The zero-order valence-electron chi connectivity index (χ0n) is 34.3. The maximum atomic E-state index is 6.75. The first-order chi connectivity index (χ1) is 31.7. The van der Waals surface area contributed by atoms with Crippen LogP contribution < -0.4 is 9.47 Å². The zero-order chi connectivity index (χ0) is 42.2. The highest BCUT2D eigenvalue weighted by Gasteiger charge is 2.47. The van der Waals surface area contributed by atoms with Crippen LogP contribution in [0.2, 0.25) is 0 Å². The van der Waals surface area contributed by atoms with Gasteiger partial charge in [-0.25, -0.2) is 15.0 Å². The molecular weight excluding hydrogens is 787 g/mol. The van der Waals surface area contributed by atoms with Gasteiger partial charge in [-0.2, -0.15) is 0 Å². The monoisotopic (exact) mass is 821 g/mol. The maximum absolute atomic E-state index is 6.75. The zero-order valence-corrected chi connectivity index (χ0v) is 34.3. The standard InChI is InChI=1S/C58H35N3O3/c1-4-14-37(15-5-1)55-59-56(61-57(60-55)40-28-30-45-44-21-11-13-23-49(44)62-51(45)33-40)38-26-24-36(25-27-38)39-29-31-50-52(32-39)64-53-34-46-43-20-10-12-22-47(43)58(41-16-6-2-7-17-41,42-18-8-3-9-19-42)48(46)35-54(53)63-50/h1-35H. The van der Waals surface area contributed by atoms with E-state index in [1.54, 1.807) is 0 Å². The molecule has 0 saturated heterocycles. The summed E-state index contributed by atoms with van der Waals surface area (Å²) in [5.41, 5.74) is 12.9. The Bertz CT molecular complexity index is 3570. The van der Waals surface area contributed by atoms with Gasteiger partial charge >= 0.3 is 0 Å². The Labute approximate surface area is 368 Å². The van der Waals surface area contributed by atoms with Crippen LogP contribution in [0.5, 0.6) is 23.0 Å². The van der Waals surface area contributed by atoms with Crippen LogP contribution in [0.1, 0.15) is 22.3 Å². The molecule has 11 aromatic rings. The van der Waals surface area contributed by atoms with Crippen LogP contribution in [0.15, 0.2) is 217 Å². The van der Waals surface area contributed by atoms with Crippen molar-refractivity contribution in [3.8, 4) is 79.4 Å².